The maximum absolute atomic E-state index is 5.61. The molecule has 1 aliphatic carbocycles. The van der Waals surface area contributed by atoms with Crippen molar-refractivity contribution in [2.24, 2.45) is 27.2 Å². The molecule has 0 heterocycles. The van der Waals surface area contributed by atoms with Crippen LogP contribution < -0.4 is 17.2 Å². The van der Waals surface area contributed by atoms with Crippen molar-refractivity contribution in [3.63, 3.8) is 0 Å². The lowest BCUT2D eigenvalue weighted by Crippen LogP contribution is -2.28. The zero-order valence-electron chi connectivity index (χ0n) is 9.02. The lowest BCUT2D eigenvalue weighted by Gasteiger charge is -2.14. The van der Waals surface area contributed by atoms with E-state index in [1.165, 1.54) is 12.8 Å². The largest absolute Gasteiger partial charge is 0.370 e. The van der Waals surface area contributed by atoms with Crippen LogP contribution in [0.4, 0.5) is 0 Å². The number of nitrogens with two attached hydrogens (primary N) is 3. The summed E-state index contributed by atoms with van der Waals surface area (Å²) in [6.45, 7) is 2.16. The summed E-state index contributed by atoms with van der Waals surface area (Å²) >= 11 is 1.93. The minimum absolute atomic E-state index is 0.0334. The summed E-state index contributed by atoms with van der Waals surface area (Å²) in [7, 11) is 0. The predicted octanol–water partition coefficient (Wildman–Crippen LogP) is 0.249. The van der Waals surface area contributed by atoms with Gasteiger partial charge in [0.25, 0.3) is 0 Å². The van der Waals surface area contributed by atoms with Crippen molar-refractivity contribution in [1.29, 1.82) is 0 Å². The highest BCUT2D eigenvalue weighted by Crippen LogP contribution is 2.31. The summed E-state index contributed by atoms with van der Waals surface area (Å²) < 4.78 is 0. The van der Waals surface area contributed by atoms with E-state index in [4.69, 9.17) is 17.2 Å². The highest BCUT2D eigenvalue weighted by Gasteiger charge is 2.26. The maximum atomic E-state index is 5.61. The lowest BCUT2D eigenvalue weighted by molar-refractivity contribution is 0.716. The molecule has 0 aliphatic heterocycles. The minimum Gasteiger partial charge on any atom is -0.370 e. The molecular weight excluding hydrogens is 210 g/mol. The molecule has 0 aromatic rings. The van der Waals surface area contributed by atoms with E-state index in [-0.39, 0.29) is 18.0 Å². The maximum Gasteiger partial charge on any atom is 0.218 e. The summed E-state index contributed by atoms with van der Waals surface area (Å²) in [5, 5.41) is 0.572. The zero-order valence-corrected chi connectivity index (χ0v) is 9.83. The Morgan fingerprint density at radius 3 is 2.67 bits per heavy atom. The van der Waals surface area contributed by atoms with Crippen LogP contribution in [-0.4, -0.2) is 29.0 Å². The molecule has 5 nitrogen and oxygen atoms in total. The van der Waals surface area contributed by atoms with Gasteiger partial charge in [-0.2, -0.15) is 16.8 Å². The van der Waals surface area contributed by atoms with Gasteiger partial charge >= 0.3 is 0 Å². The van der Waals surface area contributed by atoms with Crippen LogP contribution in [0.1, 0.15) is 26.2 Å². The predicted molar refractivity (Wildman–Crippen MR) is 67.0 cm³/mol. The van der Waals surface area contributed by atoms with E-state index < -0.39 is 0 Å². The molecule has 0 aromatic heterocycles. The molecule has 6 N–H and O–H groups in total. The minimum atomic E-state index is -0.0334. The van der Waals surface area contributed by atoms with Gasteiger partial charge in [0.05, 0.1) is 6.04 Å². The Hall–Kier alpha value is -0.910. The molecule has 6 heteroatoms. The van der Waals surface area contributed by atoms with Crippen molar-refractivity contribution in [1.82, 2.24) is 0 Å². The number of hydrogen-bond donors (Lipinski definition) is 3. The van der Waals surface area contributed by atoms with Gasteiger partial charge in [-0.05, 0) is 18.6 Å². The van der Waals surface area contributed by atoms with Gasteiger partial charge in [-0.1, -0.05) is 13.3 Å². The fourth-order valence-corrected chi connectivity index (χ4v) is 2.97. The van der Waals surface area contributed by atoms with E-state index in [1.807, 2.05) is 11.8 Å². The van der Waals surface area contributed by atoms with E-state index in [1.54, 1.807) is 0 Å². The Morgan fingerprint density at radius 2 is 2.07 bits per heavy atom. The molecule has 1 saturated carbocycles. The van der Waals surface area contributed by atoms with Crippen LogP contribution in [0.3, 0.4) is 0 Å². The number of guanidine groups is 2. The molecule has 1 rings (SSSR count). The fourth-order valence-electron chi connectivity index (χ4n) is 1.79. The quantitative estimate of drug-likeness (QED) is 0.476. The third kappa shape index (κ3) is 3.99. The second kappa shape index (κ2) is 5.85. The Morgan fingerprint density at radius 1 is 1.33 bits per heavy atom. The first-order chi connectivity index (χ1) is 7.13. The molecule has 1 aliphatic rings. The monoisotopic (exact) mass is 229 g/mol. The molecule has 15 heavy (non-hydrogen) atoms. The molecule has 0 spiro atoms. The van der Waals surface area contributed by atoms with E-state index in [9.17, 15) is 0 Å². The standard InChI is InChI=1S/C9H19N5S/c1-2-15-7-5-3-4-6(7)13-9(12)14-8(10)11/h6-7H,2-5H2,1H3,(H6,10,11,12,13,14). The van der Waals surface area contributed by atoms with Crippen LogP contribution in [0.15, 0.2) is 9.98 Å². The normalized spacial score (nSPS) is 26.6. The average molecular weight is 229 g/mol. The Labute approximate surface area is 94.6 Å². The van der Waals surface area contributed by atoms with Gasteiger partial charge in [0.15, 0.2) is 5.96 Å². The summed E-state index contributed by atoms with van der Waals surface area (Å²) in [5.41, 5.74) is 16.1. The second-order valence-electron chi connectivity index (χ2n) is 3.52. The van der Waals surface area contributed by atoms with Crippen LogP contribution in [0, 0.1) is 0 Å². The van der Waals surface area contributed by atoms with Gasteiger partial charge in [0, 0.05) is 5.25 Å². The van der Waals surface area contributed by atoms with E-state index in [2.05, 4.69) is 16.9 Å². The number of rotatable bonds is 3. The molecule has 2 unspecified atom stereocenters. The summed E-state index contributed by atoms with van der Waals surface area (Å²) in [4.78, 5) is 8.07. The van der Waals surface area contributed by atoms with Crippen molar-refractivity contribution in [3.8, 4) is 0 Å². The van der Waals surface area contributed by atoms with Gasteiger partial charge in [0.2, 0.25) is 5.96 Å². The first-order valence-corrected chi connectivity index (χ1v) is 6.23. The molecule has 2 atom stereocenters. The molecule has 86 valence electrons. The van der Waals surface area contributed by atoms with Crippen molar-refractivity contribution < 1.29 is 0 Å². The average Bonchev–Trinajstić information content (AvgIpc) is 2.52. The van der Waals surface area contributed by atoms with Crippen LogP contribution >= 0.6 is 11.8 Å². The molecule has 0 aromatic carbocycles. The van der Waals surface area contributed by atoms with Crippen molar-refractivity contribution >= 4 is 23.7 Å². The van der Waals surface area contributed by atoms with Crippen LogP contribution in [0.5, 0.6) is 0 Å². The fraction of sp³-hybridized carbons (Fsp3) is 0.778. The molecule has 0 radical (unpaired) electrons. The van der Waals surface area contributed by atoms with E-state index in [0.717, 1.165) is 12.2 Å². The van der Waals surface area contributed by atoms with Crippen LogP contribution in [0.25, 0.3) is 0 Å². The molecular formula is C9H19N5S. The van der Waals surface area contributed by atoms with Gasteiger partial charge in [-0.25, -0.2) is 4.99 Å². The van der Waals surface area contributed by atoms with E-state index >= 15 is 0 Å². The highest BCUT2D eigenvalue weighted by molar-refractivity contribution is 7.99. The number of hydrogen-bond acceptors (Lipinski definition) is 2. The first kappa shape index (κ1) is 12.2. The Balaban J connectivity index is 2.59. The van der Waals surface area contributed by atoms with E-state index in [0.29, 0.717) is 5.25 Å². The SMILES string of the molecule is CCSC1CCCC1N=C(N)N=C(N)N. The Bertz CT molecular complexity index is 259. The molecule has 0 bridgehead atoms. The van der Waals surface area contributed by atoms with Crippen molar-refractivity contribution in [2.75, 3.05) is 5.75 Å². The van der Waals surface area contributed by atoms with Gasteiger partial charge in [-0.15, -0.1) is 0 Å². The number of nitrogens with zero attached hydrogens (tertiary/aromatic N) is 2. The summed E-state index contributed by atoms with van der Waals surface area (Å²) in [5.74, 6) is 1.27. The van der Waals surface area contributed by atoms with Crippen LogP contribution in [-0.2, 0) is 0 Å². The van der Waals surface area contributed by atoms with Gasteiger partial charge < -0.3 is 17.2 Å². The smallest absolute Gasteiger partial charge is 0.218 e. The number of aliphatic imine (C=N–C) groups is 2. The lowest BCUT2D eigenvalue weighted by atomic mass is 10.3. The zero-order chi connectivity index (χ0) is 11.3. The third-order valence-electron chi connectivity index (χ3n) is 2.34. The Kier molecular flexibility index (Phi) is 4.74. The third-order valence-corrected chi connectivity index (χ3v) is 3.65. The summed E-state index contributed by atoms with van der Waals surface area (Å²) in [6.07, 6.45) is 3.50. The van der Waals surface area contributed by atoms with Crippen LogP contribution in [0.2, 0.25) is 0 Å². The first-order valence-electron chi connectivity index (χ1n) is 5.18. The molecule has 0 saturated heterocycles. The highest BCUT2D eigenvalue weighted by atomic mass is 32.2. The topological polar surface area (TPSA) is 103 Å². The van der Waals surface area contributed by atoms with Crippen molar-refractivity contribution in [2.45, 2.75) is 37.5 Å². The molecule has 0 amide bonds. The summed E-state index contributed by atoms with van der Waals surface area (Å²) in [6, 6.07) is 0.276. The number of thioether (sulfide) groups is 1. The molecule has 1 fully saturated rings. The van der Waals surface area contributed by atoms with Gasteiger partial charge in [-0.3, -0.25) is 0 Å². The van der Waals surface area contributed by atoms with Crippen molar-refractivity contribution in [3.05, 3.63) is 0 Å². The van der Waals surface area contributed by atoms with Gasteiger partial charge in [0.1, 0.15) is 0 Å². The second-order valence-corrected chi connectivity index (χ2v) is 5.03.